The van der Waals surface area contributed by atoms with Crippen LogP contribution >= 0.6 is 11.8 Å². The topological polar surface area (TPSA) is 75.7 Å². The second-order valence-corrected chi connectivity index (χ2v) is 9.30. The van der Waals surface area contributed by atoms with Gasteiger partial charge in [0.05, 0.1) is 7.11 Å². The summed E-state index contributed by atoms with van der Waals surface area (Å²) in [6.07, 6.45) is 4.67. The fraction of sp³-hybridized carbons (Fsp3) is 0.350. The second kappa shape index (κ2) is 8.98. The van der Waals surface area contributed by atoms with Gasteiger partial charge in [0.25, 0.3) is 5.91 Å². The quantitative estimate of drug-likeness (QED) is 0.719. The van der Waals surface area contributed by atoms with Gasteiger partial charge in [-0.2, -0.15) is 4.31 Å². The highest BCUT2D eigenvalue weighted by molar-refractivity contribution is 7.98. The third kappa shape index (κ3) is 4.51. The number of hydrogen-bond donors (Lipinski definition) is 1. The molecule has 1 amide bonds. The van der Waals surface area contributed by atoms with E-state index in [4.69, 9.17) is 4.74 Å². The zero-order valence-electron chi connectivity index (χ0n) is 16.0. The molecule has 0 saturated carbocycles. The van der Waals surface area contributed by atoms with Crippen molar-refractivity contribution < 1.29 is 17.9 Å². The molecular weight excluding hydrogens is 396 g/mol. The van der Waals surface area contributed by atoms with Crippen LogP contribution in [-0.2, 0) is 10.0 Å². The molecule has 150 valence electrons. The fourth-order valence-corrected chi connectivity index (χ4v) is 5.33. The smallest absolute Gasteiger partial charge is 0.255 e. The van der Waals surface area contributed by atoms with Gasteiger partial charge >= 0.3 is 0 Å². The Labute approximate surface area is 170 Å². The molecule has 1 aliphatic rings. The van der Waals surface area contributed by atoms with Gasteiger partial charge < -0.3 is 10.1 Å². The number of thioether (sulfide) groups is 1. The van der Waals surface area contributed by atoms with Crippen molar-refractivity contribution in [2.24, 2.45) is 0 Å². The molecule has 3 rings (SSSR count). The summed E-state index contributed by atoms with van der Waals surface area (Å²) in [6, 6.07) is 12.0. The molecule has 0 spiro atoms. The molecular formula is C20H24N2O4S2. The van der Waals surface area contributed by atoms with Crippen LogP contribution in [0.2, 0.25) is 0 Å². The van der Waals surface area contributed by atoms with Gasteiger partial charge in [0.2, 0.25) is 10.0 Å². The minimum atomic E-state index is -3.72. The van der Waals surface area contributed by atoms with Crippen molar-refractivity contribution in [2.75, 3.05) is 31.8 Å². The van der Waals surface area contributed by atoms with E-state index in [1.165, 1.54) is 23.5 Å². The summed E-state index contributed by atoms with van der Waals surface area (Å²) in [7, 11) is -2.29. The van der Waals surface area contributed by atoms with Crippen LogP contribution in [0.4, 0.5) is 5.69 Å². The lowest BCUT2D eigenvalue weighted by Gasteiger charge is -2.26. The van der Waals surface area contributed by atoms with Crippen molar-refractivity contribution in [1.29, 1.82) is 0 Å². The molecule has 0 unspecified atom stereocenters. The number of nitrogens with one attached hydrogen (secondary N) is 1. The van der Waals surface area contributed by atoms with Gasteiger partial charge in [0, 0.05) is 29.2 Å². The number of hydrogen-bond acceptors (Lipinski definition) is 5. The monoisotopic (exact) mass is 420 g/mol. The molecule has 1 fully saturated rings. The number of carbonyl (C=O) groups is 1. The number of carbonyl (C=O) groups excluding carboxylic acids is 1. The Kier molecular flexibility index (Phi) is 6.64. The van der Waals surface area contributed by atoms with E-state index in [1.807, 2.05) is 24.5 Å². The minimum Gasteiger partial charge on any atom is -0.495 e. The maximum Gasteiger partial charge on any atom is 0.255 e. The molecule has 1 heterocycles. The third-order valence-corrected chi connectivity index (χ3v) is 7.33. The lowest BCUT2D eigenvalue weighted by atomic mass is 10.2. The summed E-state index contributed by atoms with van der Waals surface area (Å²) in [5, 5.41) is 2.83. The molecule has 2 aromatic carbocycles. The molecule has 1 N–H and O–H groups in total. The average Bonchev–Trinajstić information content (AvgIpc) is 2.74. The Morgan fingerprint density at radius 3 is 2.54 bits per heavy atom. The number of anilines is 1. The normalized spacial score (nSPS) is 15.2. The van der Waals surface area contributed by atoms with Crippen molar-refractivity contribution in [2.45, 2.75) is 29.1 Å². The molecule has 2 aromatic rings. The van der Waals surface area contributed by atoms with Gasteiger partial charge in [-0.05, 0) is 55.5 Å². The molecule has 1 saturated heterocycles. The lowest BCUT2D eigenvalue weighted by Crippen LogP contribution is -2.35. The van der Waals surface area contributed by atoms with Gasteiger partial charge in [0.15, 0.2) is 0 Å². The summed E-state index contributed by atoms with van der Waals surface area (Å²) in [4.78, 5) is 13.8. The number of benzene rings is 2. The van der Waals surface area contributed by atoms with E-state index in [1.54, 1.807) is 23.9 Å². The maximum atomic E-state index is 13.1. The Morgan fingerprint density at radius 2 is 1.86 bits per heavy atom. The van der Waals surface area contributed by atoms with E-state index in [0.717, 1.165) is 24.2 Å². The van der Waals surface area contributed by atoms with Crippen LogP contribution in [0.3, 0.4) is 0 Å². The summed E-state index contributed by atoms with van der Waals surface area (Å²) in [6.45, 7) is 0.979. The van der Waals surface area contributed by atoms with Gasteiger partial charge in [0.1, 0.15) is 10.6 Å². The van der Waals surface area contributed by atoms with E-state index in [9.17, 15) is 13.2 Å². The van der Waals surface area contributed by atoms with Gasteiger partial charge in [-0.15, -0.1) is 11.8 Å². The zero-order chi connectivity index (χ0) is 20.1. The molecule has 0 bridgehead atoms. The summed E-state index contributed by atoms with van der Waals surface area (Å²) in [5.74, 6) is -0.123. The van der Waals surface area contributed by atoms with E-state index in [2.05, 4.69) is 5.32 Å². The minimum absolute atomic E-state index is 0.0300. The van der Waals surface area contributed by atoms with Crippen molar-refractivity contribution in [3.05, 3.63) is 48.0 Å². The standard InChI is InChI=1S/C20H24N2O4S2/c1-26-18-10-9-15(20(23)21-16-7-6-8-17(14-16)27-2)13-19(18)28(24,25)22-11-4-3-5-12-22/h6-10,13-14H,3-5,11-12H2,1-2H3,(H,21,23). The Hall–Kier alpha value is -2.03. The molecule has 0 atom stereocenters. The predicted octanol–water partition coefficient (Wildman–Crippen LogP) is 3.84. The number of ether oxygens (including phenoxy) is 1. The van der Waals surface area contributed by atoms with E-state index >= 15 is 0 Å². The number of nitrogens with zero attached hydrogens (tertiary/aromatic N) is 1. The number of piperidine rings is 1. The molecule has 1 aliphatic heterocycles. The highest BCUT2D eigenvalue weighted by atomic mass is 32.2. The van der Waals surface area contributed by atoms with Crippen LogP contribution in [0.25, 0.3) is 0 Å². The van der Waals surface area contributed by atoms with Crippen LogP contribution in [0, 0.1) is 0 Å². The largest absolute Gasteiger partial charge is 0.495 e. The Bertz CT molecular complexity index is 954. The number of rotatable bonds is 6. The van der Waals surface area contributed by atoms with Crippen molar-refractivity contribution in [3.63, 3.8) is 0 Å². The third-order valence-electron chi connectivity index (χ3n) is 4.69. The SMILES string of the molecule is COc1ccc(C(=O)Nc2cccc(SC)c2)cc1S(=O)(=O)N1CCCCC1. The van der Waals surface area contributed by atoms with Gasteiger partial charge in [-0.3, -0.25) is 4.79 Å². The average molecular weight is 421 g/mol. The van der Waals surface area contributed by atoms with Crippen LogP contribution < -0.4 is 10.1 Å². The number of sulfonamides is 1. The van der Waals surface area contributed by atoms with E-state index in [-0.39, 0.29) is 22.1 Å². The van der Waals surface area contributed by atoms with Crippen LogP contribution in [0.15, 0.2) is 52.3 Å². The molecule has 8 heteroatoms. The molecule has 0 radical (unpaired) electrons. The first kappa shape index (κ1) is 20.7. The van der Waals surface area contributed by atoms with Crippen molar-refractivity contribution >= 4 is 33.4 Å². The van der Waals surface area contributed by atoms with Gasteiger partial charge in [-0.25, -0.2) is 8.42 Å². The summed E-state index contributed by atoms with van der Waals surface area (Å²) >= 11 is 1.58. The highest BCUT2D eigenvalue weighted by Gasteiger charge is 2.29. The number of amides is 1. The number of methoxy groups -OCH3 is 1. The molecule has 0 aromatic heterocycles. The Balaban J connectivity index is 1.90. The molecule has 0 aliphatic carbocycles. The molecule has 28 heavy (non-hydrogen) atoms. The van der Waals surface area contributed by atoms with E-state index in [0.29, 0.717) is 18.8 Å². The molecule has 6 nitrogen and oxygen atoms in total. The van der Waals surface area contributed by atoms with Crippen molar-refractivity contribution in [3.8, 4) is 5.75 Å². The predicted molar refractivity (Wildman–Crippen MR) is 112 cm³/mol. The first-order valence-corrected chi connectivity index (χ1v) is 11.8. The van der Waals surface area contributed by atoms with Gasteiger partial charge in [-0.1, -0.05) is 12.5 Å². The zero-order valence-corrected chi connectivity index (χ0v) is 17.6. The van der Waals surface area contributed by atoms with Crippen LogP contribution in [0.5, 0.6) is 5.75 Å². The Morgan fingerprint density at radius 1 is 1.11 bits per heavy atom. The second-order valence-electron chi connectivity index (χ2n) is 6.52. The van der Waals surface area contributed by atoms with Crippen LogP contribution in [0.1, 0.15) is 29.6 Å². The van der Waals surface area contributed by atoms with Crippen molar-refractivity contribution in [1.82, 2.24) is 4.31 Å². The van der Waals surface area contributed by atoms with E-state index < -0.39 is 10.0 Å². The van der Waals surface area contributed by atoms with Crippen LogP contribution in [-0.4, -0.2) is 45.1 Å². The lowest BCUT2D eigenvalue weighted by molar-refractivity contribution is 0.102. The summed E-state index contributed by atoms with van der Waals surface area (Å²) in [5.41, 5.74) is 0.930. The summed E-state index contributed by atoms with van der Waals surface area (Å²) < 4.78 is 32.9. The first-order valence-electron chi connectivity index (χ1n) is 9.09. The first-order chi connectivity index (χ1) is 13.5. The fourth-order valence-electron chi connectivity index (χ4n) is 3.17. The highest BCUT2D eigenvalue weighted by Crippen LogP contribution is 2.30. The maximum absolute atomic E-state index is 13.1.